The zero-order chi connectivity index (χ0) is 34.6. The highest BCUT2D eigenvalue weighted by atomic mass is 16.5. The summed E-state index contributed by atoms with van der Waals surface area (Å²) < 4.78 is 19.2. The number of nitrogens with zero attached hydrogens (tertiary/aromatic N) is 2. The van der Waals surface area contributed by atoms with Crippen LogP contribution >= 0.6 is 0 Å². The fourth-order valence-corrected chi connectivity index (χ4v) is 8.46. The summed E-state index contributed by atoms with van der Waals surface area (Å²) in [5, 5.41) is 0. The van der Waals surface area contributed by atoms with Crippen LogP contribution in [0.4, 0.5) is 0 Å². The van der Waals surface area contributed by atoms with Gasteiger partial charge in [-0.05, 0) is 103 Å². The van der Waals surface area contributed by atoms with Crippen molar-refractivity contribution < 1.29 is 23.8 Å². The van der Waals surface area contributed by atoms with Crippen LogP contribution in [-0.2, 0) is 23.8 Å². The van der Waals surface area contributed by atoms with Crippen LogP contribution in [0.1, 0.15) is 118 Å². The number of carbonyl (C=O) groups is 2. The molecule has 7 unspecified atom stereocenters. The zero-order valence-corrected chi connectivity index (χ0v) is 30.9. The van der Waals surface area contributed by atoms with Crippen LogP contribution in [-0.4, -0.2) is 84.4 Å². The number of rotatable bonds is 6. The van der Waals surface area contributed by atoms with Gasteiger partial charge in [-0.2, -0.15) is 0 Å². The molecule has 0 saturated carbocycles. The molecule has 1 amide bonds. The topological polar surface area (TPSA) is 68.3 Å². The Balaban J connectivity index is 1.17. The maximum absolute atomic E-state index is 13.3. The number of cyclic esters (lactones) is 1. The first-order valence-electron chi connectivity index (χ1n) is 19.6. The monoisotopic (exact) mass is 676 g/mol. The summed E-state index contributed by atoms with van der Waals surface area (Å²) >= 11 is 0. The Labute approximate surface area is 296 Å². The summed E-state index contributed by atoms with van der Waals surface area (Å²) in [7, 11) is 0. The minimum Gasteiger partial charge on any atom is -0.457 e. The number of likely N-dealkylation sites (tertiary alicyclic amines) is 2. The number of piperidine rings is 2. The first-order valence-corrected chi connectivity index (χ1v) is 19.6. The second kappa shape index (κ2) is 19.2. The maximum Gasteiger partial charge on any atom is 0.309 e. The van der Waals surface area contributed by atoms with E-state index in [1.807, 2.05) is 37.3 Å². The molecule has 7 nitrogen and oxygen atoms in total. The molecule has 0 radical (unpaired) electrons. The maximum atomic E-state index is 13.3. The van der Waals surface area contributed by atoms with Gasteiger partial charge in [0.2, 0.25) is 5.91 Å². The Kier molecular flexibility index (Phi) is 14.8. The van der Waals surface area contributed by atoms with Crippen molar-refractivity contribution in [2.24, 2.45) is 11.8 Å². The smallest absolute Gasteiger partial charge is 0.309 e. The largest absolute Gasteiger partial charge is 0.457 e. The summed E-state index contributed by atoms with van der Waals surface area (Å²) in [6.45, 7) is 12.7. The van der Waals surface area contributed by atoms with Gasteiger partial charge in [0, 0.05) is 37.9 Å². The average Bonchev–Trinajstić information content (AvgIpc) is 3.10. The molecule has 0 aromatic rings. The predicted molar refractivity (Wildman–Crippen MR) is 197 cm³/mol. The fraction of sp³-hybridized carbons (Fsp3) is 0.714. The molecule has 5 aliphatic rings. The third-order valence-electron chi connectivity index (χ3n) is 11.4. The van der Waals surface area contributed by atoms with Gasteiger partial charge in [0.25, 0.3) is 0 Å². The Hall–Kier alpha value is -2.48. The lowest BCUT2D eigenvalue weighted by Gasteiger charge is -2.40. The van der Waals surface area contributed by atoms with Gasteiger partial charge in [-0.25, -0.2) is 0 Å². The highest BCUT2D eigenvalue weighted by Gasteiger charge is 2.33. The van der Waals surface area contributed by atoms with Crippen molar-refractivity contribution in [1.82, 2.24) is 9.80 Å². The van der Waals surface area contributed by atoms with Gasteiger partial charge in [0.05, 0.1) is 30.8 Å². The molecule has 0 aromatic carbocycles. The molecule has 5 heterocycles. The Morgan fingerprint density at radius 2 is 1.53 bits per heavy atom. The molecule has 49 heavy (non-hydrogen) atoms. The van der Waals surface area contributed by atoms with E-state index in [2.05, 4.69) is 48.8 Å². The molecule has 4 saturated heterocycles. The summed E-state index contributed by atoms with van der Waals surface area (Å²) in [5.41, 5.74) is 2.41. The van der Waals surface area contributed by atoms with E-state index >= 15 is 0 Å². The van der Waals surface area contributed by atoms with E-state index < -0.39 is 0 Å². The number of fused-ring (bicyclic) bond motifs is 4. The van der Waals surface area contributed by atoms with Crippen molar-refractivity contribution in [1.29, 1.82) is 0 Å². The molecule has 5 rings (SSSR count). The van der Waals surface area contributed by atoms with E-state index in [0.717, 1.165) is 70.0 Å². The van der Waals surface area contributed by atoms with Crippen LogP contribution in [0.5, 0.6) is 0 Å². The Morgan fingerprint density at radius 3 is 2.29 bits per heavy atom. The van der Waals surface area contributed by atoms with E-state index in [0.29, 0.717) is 18.4 Å². The second-order valence-electron chi connectivity index (χ2n) is 15.6. The van der Waals surface area contributed by atoms with Crippen molar-refractivity contribution in [2.75, 3.05) is 26.2 Å². The van der Waals surface area contributed by atoms with Gasteiger partial charge in [0.1, 0.15) is 6.10 Å². The van der Waals surface area contributed by atoms with Gasteiger partial charge < -0.3 is 24.0 Å². The number of esters is 1. The number of hydrogen-bond acceptors (Lipinski definition) is 6. The molecule has 5 aliphatic heterocycles. The minimum atomic E-state index is -0.385. The SMILES string of the molecule is C/C=C1\CC2CC(=O)OC(/C=C/C=C\C=C(/C)CC(=O)N3CCC(N4CCCCC4)CC3)C(C)/C=C/C(C)CC3CCCC(CC(C1)O2)O3. The third-order valence-corrected chi connectivity index (χ3v) is 11.4. The minimum absolute atomic E-state index is 0.0176. The van der Waals surface area contributed by atoms with Crippen LogP contribution in [0, 0.1) is 11.8 Å². The summed E-state index contributed by atoms with van der Waals surface area (Å²) in [6, 6.07) is 0.647. The number of hydrogen-bond donors (Lipinski definition) is 0. The van der Waals surface area contributed by atoms with Crippen molar-refractivity contribution >= 4 is 11.9 Å². The lowest BCUT2D eigenvalue weighted by molar-refractivity contribution is -0.154. The van der Waals surface area contributed by atoms with Crippen LogP contribution in [0.3, 0.4) is 0 Å². The normalized spacial score (nSPS) is 35.1. The first-order chi connectivity index (χ1) is 23.7. The summed E-state index contributed by atoms with van der Waals surface area (Å²) in [4.78, 5) is 31.0. The molecule has 0 aromatic heterocycles. The molecule has 4 bridgehead atoms. The Bertz CT molecular complexity index is 1220. The van der Waals surface area contributed by atoms with Crippen molar-refractivity contribution in [3.05, 3.63) is 59.8 Å². The van der Waals surface area contributed by atoms with E-state index in [1.165, 1.54) is 44.3 Å². The van der Waals surface area contributed by atoms with Crippen molar-refractivity contribution in [2.45, 2.75) is 154 Å². The quantitative estimate of drug-likeness (QED) is 0.160. The number of carbonyl (C=O) groups excluding carboxylic acids is 2. The van der Waals surface area contributed by atoms with Crippen LogP contribution in [0.15, 0.2) is 59.8 Å². The van der Waals surface area contributed by atoms with Gasteiger partial charge in [-0.1, -0.05) is 73.9 Å². The number of amides is 1. The van der Waals surface area contributed by atoms with Gasteiger partial charge in [0.15, 0.2) is 0 Å². The second-order valence-corrected chi connectivity index (χ2v) is 15.6. The van der Waals surface area contributed by atoms with E-state index in [1.54, 1.807) is 0 Å². The van der Waals surface area contributed by atoms with Gasteiger partial charge in [-0.15, -0.1) is 0 Å². The lowest BCUT2D eigenvalue weighted by Crippen LogP contribution is -2.48. The summed E-state index contributed by atoms with van der Waals surface area (Å²) in [5.74, 6) is 0.403. The van der Waals surface area contributed by atoms with Crippen molar-refractivity contribution in [3.8, 4) is 0 Å². The number of allylic oxidation sites excluding steroid dienone is 6. The standard InChI is InChI=1S/C42H64N2O5/c1-5-34-27-38-29-37-15-12-14-36(47-37)25-32(3)17-18-33(4)40(49-42(46)30-39(28-34)48-38)16-9-6-8-13-31(2)26-41(45)44-23-19-35(20-24-44)43-21-10-7-11-22-43/h5-6,8-9,13,16-18,32-33,35-40H,7,10-12,14-15,19-30H2,1-4H3/b8-6-,16-9+,18-17+,31-13+,34-5-. The summed E-state index contributed by atoms with van der Waals surface area (Å²) in [6.07, 6.45) is 30.5. The Morgan fingerprint density at radius 1 is 0.816 bits per heavy atom. The molecular formula is C42H64N2O5. The molecule has 272 valence electrons. The molecule has 7 heteroatoms. The van der Waals surface area contributed by atoms with Gasteiger partial charge in [-0.3, -0.25) is 9.59 Å². The molecule has 0 aliphatic carbocycles. The van der Waals surface area contributed by atoms with Crippen LogP contribution < -0.4 is 0 Å². The molecule has 0 N–H and O–H groups in total. The van der Waals surface area contributed by atoms with E-state index in [-0.39, 0.29) is 54.7 Å². The number of ether oxygens (including phenoxy) is 3. The third kappa shape index (κ3) is 12.1. The molecule has 0 spiro atoms. The first kappa shape index (κ1) is 37.8. The zero-order valence-electron chi connectivity index (χ0n) is 30.9. The van der Waals surface area contributed by atoms with E-state index in [9.17, 15) is 9.59 Å². The fourth-order valence-electron chi connectivity index (χ4n) is 8.46. The molecule has 7 atom stereocenters. The van der Waals surface area contributed by atoms with Crippen LogP contribution in [0.25, 0.3) is 0 Å². The molecule has 4 fully saturated rings. The van der Waals surface area contributed by atoms with Crippen LogP contribution in [0.2, 0.25) is 0 Å². The highest BCUT2D eigenvalue weighted by molar-refractivity contribution is 5.78. The highest BCUT2D eigenvalue weighted by Crippen LogP contribution is 2.33. The lowest BCUT2D eigenvalue weighted by atomic mass is 9.90. The predicted octanol–water partition coefficient (Wildman–Crippen LogP) is 8.27. The average molecular weight is 677 g/mol. The van der Waals surface area contributed by atoms with E-state index in [4.69, 9.17) is 14.2 Å². The van der Waals surface area contributed by atoms with Crippen molar-refractivity contribution in [3.63, 3.8) is 0 Å². The van der Waals surface area contributed by atoms with Gasteiger partial charge >= 0.3 is 5.97 Å². The molecular weight excluding hydrogens is 612 g/mol.